The molecule has 1 aliphatic heterocycles. The van der Waals surface area contributed by atoms with E-state index >= 15 is 0 Å². The average molecular weight is 316 g/mol. The Labute approximate surface area is 124 Å². The predicted octanol–water partition coefficient (Wildman–Crippen LogP) is 3.01. The van der Waals surface area contributed by atoms with Crippen LogP contribution in [0.2, 0.25) is 0 Å². The summed E-state index contributed by atoms with van der Waals surface area (Å²) in [6, 6.07) is 1.76. The minimum Gasteiger partial charge on any atom is -0.472 e. The first-order valence-corrected chi connectivity index (χ1v) is 6.98. The quantitative estimate of drug-likeness (QED) is 0.911. The molecule has 2 heterocycles. The van der Waals surface area contributed by atoms with E-state index in [0.29, 0.717) is 6.42 Å². The second-order valence-corrected chi connectivity index (χ2v) is 5.77. The molecule has 4 atom stereocenters. The van der Waals surface area contributed by atoms with Gasteiger partial charge in [0.2, 0.25) is 5.88 Å². The Morgan fingerprint density at radius 3 is 2.64 bits per heavy atom. The minimum absolute atomic E-state index is 0.0529. The van der Waals surface area contributed by atoms with Crippen LogP contribution in [0.5, 0.6) is 5.88 Å². The Kier molecular flexibility index (Phi) is 3.41. The van der Waals surface area contributed by atoms with Gasteiger partial charge in [-0.05, 0) is 31.7 Å². The molecule has 0 spiro atoms. The van der Waals surface area contributed by atoms with Crippen LogP contribution < -0.4 is 4.74 Å². The maximum absolute atomic E-state index is 12.5. The van der Waals surface area contributed by atoms with Gasteiger partial charge < -0.3 is 9.84 Å². The number of carbonyl (C=O) groups is 1. The van der Waals surface area contributed by atoms with Gasteiger partial charge in [0.05, 0.1) is 11.6 Å². The van der Waals surface area contributed by atoms with Gasteiger partial charge in [0.25, 0.3) is 0 Å². The van der Waals surface area contributed by atoms with Crippen molar-refractivity contribution in [3.63, 3.8) is 0 Å². The van der Waals surface area contributed by atoms with E-state index < -0.39 is 17.8 Å². The lowest BCUT2D eigenvalue weighted by Gasteiger charge is -2.35. The number of alkyl halides is 3. The van der Waals surface area contributed by atoms with E-state index in [1.54, 1.807) is 0 Å². The number of fused-ring (bicyclic) bond motifs is 2. The van der Waals surface area contributed by atoms with Gasteiger partial charge >= 0.3 is 12.3 Å². The Balaban J connectivity index is 1.71. The highest BCUT2D eigenvalue weighted by Crippen LogP contribution is 2.43. The smallest absolute Gasteiger partial charge is 0.417 e. The maximum Gasteiger partial charge on any atom is 0.417 e. The average Bonchev–Trinajstić information content (AvgIpc) is 2.95. The van der Waals surface area contributed by atoms with Gasteiger partial charge in [0.1, 0.15) is 6.10 Å². The van der Waals surface area contributed by atoms with E-state index in [2.05, 4.69) is 4.98 Å². The number of pyridine rings is 1. The highest BCUT2D eigenvalue weighted by molar-refractivity contribution is 5.67. The Morgan fingerprint density at radius 1 is 1.41 bits per heavy atom. The van der Waals surface area contributed by atoms with Crippen molar-refractivity contribution in [1.82, 2.24) is 9.88 Å². The van der Waals surface area contributed by atoms with Crippen LogP contribution in [0, 0.1) is 5.92 Å². The summed E-state index contributed by atoms with van der Waals surface area (Å²) in [5, 5.41) is 9.25. The largest absolute Gasteiger partial charge is 0.472 e. The molecule has 2 aliphatic rings. The zero-order chi connectivity index (χ0) is 16.1. The number of nitrogens with zero attached hydrogens (tertiary/aromatic N) is 2. The summed E-state index contributed by atoms with van der Waals surface area (Å²) in [6.07, 6.45) is -3.65. The van der Waals surface area contributed by atoms with Gasteiger partial charge in [-0.25, -0.2) is 9.78 Å². The zero-order valence-corrected chi connectivity index (χ0v) is 11.7. The second kappa shape index (κ2) is 5.03. The highest BCUT2D eigenvalue weighted by atomic mass is 19.4. The number of ether oxygens (including phenoxy) is 1. The number of carboxylic acid groups (broad SMARTS) is 1. The molecular formula is C14H15F3N2O3. The van der Waals surface area contributed by atoms with E-state index in [1.165, 1.54) is 11.0 Å². The SMILES string of the molecule is CC1C2CC(Oc3ccc(C(F)(F)F)cn3)C(C2)N1C(=O)O. The number of halogens is 3. The van der Waals surface area contributed by atoms with E-state index in [9.17, 15) is 23.1 Å². The summed E-state index contributed by atoms with van der Waals surface area (Å²) < 4.78 is 43.1. The van der Waals surface area contributed by atoms with Crippen molar-refractivity contribution in [2.24, 2.45) is 5.92 Å². The third kappa shape index (κ3) is 2.46. The molecule has 4 unspecified atom stereocenters. The number of likely N-dealkylation sites (tertiary alicyclic amines) is 1. The van der Waals surface area contributed by atoms with Crippen molar-refractivity contribution in [3.05, 3.63) is 23.9 Å². The van der Waals surface area contributed by atoms with Crippen LogP contribution in [-0.2, 0) is 6.18 Å². The molecule has 1 saturated heterocycles. The van der Waals surface area contributed by atoms with Crippen LogP contribution in [0.4, 0.5) is 18.0 Å². The van der Waals surface area contributed by atoms with E-state index in [-0.39, 0.29) is 30.0 Å². The minimum atomic E-state index is -4.44. The zero-order valence-electron chi connectivity index (χ0n) is 11.7. The summed E-state index contributed by atoms with van der Waals surface area (Å²) in [5.41, 5.74) is -0.839. The molecule has 1 saturated carbocycles. The van der Waals surface area contributed by atoms with Crippen molar-refractivity contribution >= 4 is 6.09 Å². The summed E-state index contributed by atoms with van der Waals surface area (Å²) in [5.74, 6) is 0.309. The van der Waals surface area contributed by atoms with E-state index in [4.69, 9.17) is 4.74 Å². The molecule has 8 heteroatoms. The Bertz CT molecular complexity index is 576. The molecule has 1 amide bonds. The lowest BCUT2D eigenvalue weighted by Crippen LogP contribution is -2.50. The highest BCUT2D eigenvalue weighted by Gasteiger charge is 2.52. The van der Waals surface area contributed by atoms with Gasteiger partial charge in [0, 0.05) is 18.3 Å². The predicted molar refractivity (Wildman–Crippen MR) is 69.5 cm³/mol. The molecular weight excluding hydrogens is 301 g/mol. The first kappa shape index (κ1) is 14.9. The van der Waals surface area contributed by atoms with E-state index in [1.807, 2.05) is 6.92 Å². The summed E-state index contributed by atoms with van der Waals surface area (Å²) in [6.45, 7) is 1.87. The molecule has 2 bridgehead atoms. The fourth-order valence-corrected chi connectivity index (χ4v) is 3.44. The second-order valence-electron chi connectivity index (χ2n) is 5.77. The van der Waals surface area contributed by atoms with Crippen LogP contribution in [0.25, 0.3) is 0 Å². The molecule has 120 valence electrons. The number of hydrogen-bond donors (Lipinski definition) is 1. The molecule has 0 aromatic carbocycles. The summed E-state index contributed by atoms with van der Waals surface area (Å²) in [7, 11) is 0. The first-order valence-electron chi connectivity index (χ1n) is 6.98. The fraction of sp³-hybridized carbons (Fsp3) is 0.571. The van der Waals surface area contributed by atoms with Crippen molar-refractivity contribution in [1.29, 1.82) is 0 Å². The van der Waals surface area contributed by atoms with Crippen LogP contribution >= 0.6 is 0 Å². The van der Waals surface area contributed by atoms with Crippen LogP contribution in [0.1, 0.15) is 25.3 Å². The fourth-order valence-electron chi connectivity index (χ4n) is 3.44. The lowest BCUT2D eigenvalue weighted by molar-refractivity contribution is -0.137. The third-order valence-electron chi connectivity index (χ3n) is 4.54. The Morgan fingerprint density at radius 2 is 2.14 bits per heavy atom. The van der Waals surface area contributed by atoms with Crippen molar-refractivity contribution in [2.45, 2.75) is 44.1 Å². The molecule has 1 aromatic heterocycles. The molecule has 3 rings (SSSR count). The van der Waals surface area contributed by atoms with Gasteiger partial charge in [0.15, 0.2) is 0 Å². The summed E-state index contributed by atoms with van der Waals surface area (Å²) in [4.78, 5) is 16.3. The number of hydrogen-bond acceptors (Lipinski definition) is 3. The monoisotopic (exact) mass is 316 g/mol. The standard InChI is InChI=1S/C14H15F3N2O3/c1-7-8-4-10(19(7)13(20)21)11(5-8)22-12-3-2-9(6-18-12)14(15,16)17/h2-3,6-8,10-11H,4-5H2,1H3,(H,20,21). The molecule has 1 N–H and O–H groups in total. The van der Waals surface area contributed by atoms with Crippen LogP contribution in [-0.4, -0.2) is 39.3 Å². The summed E-state index contributed by atoms with van der Waals surface area (Å²) >= 11 is 0. The molecule has 1 aromatic rings. The van der Waals surface area contributed by atoms with Crippen molar-refractivity contribution in [3.8, 4) is 5.88 Å². The lowest BCUT2D eigenvalue weighted by atomic mass is 9.99. The third-order valence-corrected chi connectivity index (χ3v) is 4.54. The van der Waals surface area contributed by atoms with E-state index in [0.717, 1.165) is 18.7 Å². The molecule has 5 nitrogen and oxygen atoms in total. The van der Waals surface area contributed by atoms with Crippen molar-refractivity contribution < 1.29 is 27.8 Å². The van der Waals surface area contributed by atoms with Crippen LogP contribution in [0.15, 0.2) is 18.3 Å². The first-order chi connectivity index (χ1) is 10.3. The van der Waals surface area contributed by atoms with Gasteiger partial charge in [-0.3, -0.25) is 4.90 Å². The number of aromatic nitrogens is 1. The normalized spacial score (nSPS) is 30.6. The topological polar surface area (TPSA) is 62.7 Å². The van der Waals surface area contributed by atoms with Gasteiger partial charge in [-0.15, -0.1) is 0 Å². The number of amides is 1. The Hall–Kier alpha value is -1.99. The van der Waals surface area contributed by atoms with Gasteiger partial charge in [-0.1, -0.05) is 0 Å². The molecule has 0 radical (unpaired) electrons. The number of rotatable bonds is 2. The molecule has 22 heavy (non-hydrogen) atoms. The molecule has 2 fully saturated rings. The maximum atomic E-state index is 12.5. The van der Waals surface area contributed by atoms with Crippen LogP contribution in [0.3, 0.4) is 0 Å². The number of piperidine rings is 1. The van der Waals surface area contributed by atoms with Crippen molar-refractivity contribution in [2.75, 3.05) is 0 Å². The van der Waals surface area contributed by atoms with Gasteiger partial charge in [-0.2, -0.15) is 13.2 Å². The molecule has 1 aliphatic carbocycles.